The van der Waals surface area contributed by atoms with E-state index in [0.29, 0.717) is 23.4 Å². The van der Waals surface area contributed by atoms with Crippen molar-refractivity contribution >= 4 is 17.0 Å². The topological polar surface area (TPSA) is 73.6 Å². The maximum Gasteiger partial charge on any atom is 0.422 e. The number of rotatable bonds is 6. The average molecular weight is 408 g/mol. The predicted molar refractivity (Wildman–Crippen MR) is 101 cm³/mol. The molecular weight excluding hydrogens is 389 g/mol. The number of carboxylic acids is 1. The third kappa shape index (κ3) is 3.98. The molecule has 0 unspecified atom stereocenters. The molecule has 2 aromatic heterocycles. The molecule has 0 aliphatic rings. The molecule has 9 heteroatoms. The first-order valence-electron chi connectivity index (χ1n) is 8.75. The Kier molecular flexibility index (Phi) is 5.41. The van der Waals surface area contributed by atoms with E-state index in [1.807, 2.05) is 13.0 Å². The molecule has 0 radical (unpaired) electrons. The number of methoxy groups -OCH3 is 1. The van der Waals surface area contributed by atoms with Gasteiger partial charge < -0.3 is 19.1 Å². The van der Waals surface area contributed by atoms with E-state index in [-0.39, 0.29) is 22.5 Å². The van der Waals surface area contributed by atoms with Gasteiger partial charge in [0.1, 0.15) is 11.4 Å². The van der Waals surface area contributed by atoms with Crippen LogP contribution in [0.4, 0.5) is 13.2 Å². The monoisotopic (exact) mass is 408 g/mol. The molecular formula is C20H19F3N2O4. The number of carboxylic acid groups (broad SMARTS) is 1. The highest BCUT2D eigenvalue weighted by molar-refractivity contribution is 6.01. The number of hydrogen-bond donors (Lipinski definition) is 1. The SMILES string of the molecule is CCc1nc2c(cc1-c1cccc(OC)c1)c(OCC(F)(F)F)c(C(=O)O)n2C. The van der Waals surface area contributed by atoms with Crippen LogP contribution in [-0.4, -0.2) is 40.5 Å². The van der Waals surface area contributed by atoms with Crippen molar-refractivity contribution in [2.24, 2.45) is 7.05 Å². The fourth-order valence-electron chi connectivity index (χ4n) is 3.20. The summed E-state index contributed by atoms with van der Waals surface area (Å²) in [5, 5.41) is 9.73. The van der Waals surface area contributed by atoms with Crippen molar-refractivity contribution in [1.29, 1.82) is 0 Å². The zero-order chi connectivity index (χ0) is 21.3. The van der Waals surface area contributed by atoms with E-state index < -0.39 is 18.8 Å². The van der Waals surface area contributed by atoms with Crippen molar-refractivity contribution in [3.8, 4) is 22.6 Å². The van der Waals surface area contributed by atoms with Crippen LogP contribution in [0.2, 0.25) is 0 Å². The largest absolute Gasteiger partial charge is 0.497 e. The Labute approximate surface area is 164 Å². The number of pyridine rings is 1. The molecule has 29 heavy (non-hydrogen) atoms. The van der Waals surface area contributed by atoms with E-state index in [2.05, 4.69) is 4.98 Å². The third-order valence-corrected chi connectivity index (χ3v) is 4.49. The van der Waals surface area contributed by atoms with Gasteiger partial charge in [-0.05, 0) is 30.2 Å². The lowest BCUT2D eigenvalue weighted by Gasteiger charge is -2.11. The molecule has 6 nitrogen and oxygen atoms in total. The van der Waals surface area contributed by atoms with Crippen molar-refractivity contribution in [3.63, 3.8) is 0 Å². The number of fused-ring (bicyclic) bond motifs is 1. The van der Waals surface area contributed by atoms with Crippen molar-refractivity contribution < 1.29 is 32.5 Å². The van der Waals surface area contributed by atoms with Crippen molar-refractivity contribution in [2.75, 3.05) is 13.7 Å². The van der Waals surface area contributed by atoms with E-state index in [1.54, 1.807) is 24.3 Å². The minimum absolute atomic E-state index is 0.198. The van der Waals surface area contributed by atoms with Gasteiger partial charge in [0.05, 0.1) is 18.2 Å². The van der Waals surface area contributed by atoms with E-state index in [9.17, 15) is 23.1 Å². The molecule has 154 valence electrons. The van der Waals surface area contributed by atoms with Gasteiger partial charge in [0.15, 0.2) is 18.1 Å². The van der Waals surface area contributed by atoms with Gasteiger partial charge in [0, 0.05) is 12.6 Å². The number of carbonyl (C=O) groups is 1. The molecule has 3 aromatic rings. The number of benzene rings is 1. The molecule has 0 saturated carbocycles. The zero-order valence-electron chi connectivity index (χ0n) is 16.0. The smallest absolute Gasteiger partial charge is 0.422 e. The van der Waals surface area contributed by atoms with Crippen LogP contribution in [0.25, 0.3) is 22.2 Å². The lowest BCUT2D eigenvalue weighted by atomic mass is 10.0. The third-order valence-electron chi connectivity index (χ3n) is 4.49. The summed E-state index contributed by atoms with van der Waals surface area (Å²) in [6.07, 6.45) is -4.07. The summed E-state index contributed by atoms with van der Waals surface area (Å²) in [7, 11) is 2.96. The number of ether oxygens (including phenoxy) is 2. The van der Waals surface area contributed by atoms with Crippen LogP contribution in [0.5, 0.6) is 11.5 Å². The number of hydrogen-bond acceptors (Lipinski definition) is 4. The highest BCUT2D eigenvalue weighted by Crippen LogP contribution is 2.37. The average Bonchev–Trinajstić information content (AvgIpc) is 2.96. The van der Waals surface area contributed by atoms with Gasteiger partial charge >= 0.3 is 12.1 Å². The summed E-state index contributed by atoms with van der Waals surface area (Å²) < 4.78 is 49.5. The van der Waals surface area contributed by atoms with Crippen LogP contribution in [0, 0.1) is 0 Å². The Balaban J connectivity index is 2.28. The lowest BCUT2D eigenvalue weighted by Crippen LogP contribution is -2.20. The molecule has 1 N–H and O–H groups in total. The van der Waals surface area contributed by atoms with Gasteiger partial charge in [-0.25, -0.2) is 9.78 Å². The molecule has 3 rings (SSSR count). The number of alkyl halides is 3. The quantitative estimate of drug-likeness (QED) is 0.652. The molecule has 0 atom stereocenters. The van der Waals surface area contributed by atoms with Crippen LogP contribution in [0.1, 0.15) is 23.1 Å². The molecule has 0 aliphatic carbocycles. The van der Waals surface area contributed by atoms with Crippen molar-refractivity contribution in [1.82, 2.24) is 9.55 Å². The van der Waals surface area contributed by atoms with E-state index in [0.717, 1.165) is 5.56 Å². The highest BCUT2D eigenvalue weighted by atomic mass is 19.4. The molecule has 0 aliphatic heterocycles. The lowest BCUT2D eigenvalue weighted by molar-refractivity contribution is -0.153. The summed E-state index contributed by atoms with van der Waals surface area (Å²) >= 11 is 0. The van der Waals surface area contributed by atoms with Gasteiger partial charge in [0.25, 0.3) is 0 Å². The van der Waals surface area contributed by atoms with Crippen LogP contribution in [0.15, 0.2) is 30.3 Å². The first kappa shape index (κ1) is 20.5. The fraction of sp³-hybridized carbons (Fsp3) is 0.300. The first-order chi connectivity index (χ1) is 13.7. The normalized spacial score (nSPS) is 11.7. The number of halogens is 3. The van der Waals surface area contributed by atoms with E-state index >= 15 is 0 Å². The molecule has 2 heterocycles. The second-order valence-electron chi connectivity index (χ2n) is 6.39. The van der Waals surface area contributed by atoms with Gasteiger partial charge in [-0.15, -0.1) is 0 Å². The second-order valence-corrected chi connectivity index (χ2v) is 6.39. The van der Waals surface area contributed by atoms with Crippen molar-refractivity contribution in [2.45, 2.75) is 19.5 Å². The number of aromatic carboxylic acids is 1. The highest BCUT2D eigenvalue weighted by Gasteiger charge is 2.32. The maximum absolute atomic E-state index is 12.7. The predicted octanol–water partition coefficient (Wildman–Crippen LogP) is 4.45. The summed E-state index contributed by atoms with van der Waals surface area (Å²) in [5.74, 6) is -1.15. The summed E-state index contributed by atoms with van der Waals surface area (Å²) in [5.41, 5.74) is 1.94. The zero-order valence-corrected chi connectivity index (χ0v) is 16.0. The molecule has 0 amide bonds. The summed E-state index contributed by atoms with van der Waals surface area (Å²) in [6.45, 7) is 0.288. The number of aryl methyl sites for hydroxylation is 2. The maximum atomic E-state index is 12.7. The van der Waals surface area contributed by atoms with E-state index in [1.165, 1.54) is 18.7 Å². The molecule has 0 fully saturated rings. The number of nitrogens with zero attached hydrogens (tertiary/aromatic N) is 2. The van der Waals surface area contributed by atoms with Crippen LogP contribution in [0.3, 0.4) is 0 Å². The first-order valence-corrected chi connectivity index (χ1v) is 8.75. The van der Waals surface area contributed by atoms with Gasteiger partial charge in [-0.1, -0.05) is 19.1 Å². The summed E-state index contributed by atoms with van der Waals surface area (Å²) in [6, 6.07) is 8.77. The summed E-state index contributed by atoms with van der Waals surface area (Å²) in [4.78, 5) is 16.2. The molecule has 0 bridgehead atoms. The Morgan fingerprint density at radius 2 is 2.00 bits per heavy atom. The van der Waals surface area contributed by atoms with Crippen molar-refractivity contribution in [3.05, 3.63) is 41.7 Å². The van der Waals surface area contributed by atoms with Gasteiger partial charge in [-0.3, -0.25) is 0 Å². The van der Waals surface area contributed by atoms with Crippen LogP contribution >= 0.6 is 0 Å². The van der Waals surface area contributed by atoms with Crippen LogP contribution < -0.4 is 9.47 Å². The standard InChI is InChI=1S/C20H19F3N2O4/c1-4-15-13(11-6-5-7-12(8-11)28-3)9-14-17(29-10-20(21,22)23)16(19(26)27)25(2)18(14)24-15/h5-9H,4,10H2,1-3H3,(H,26,27). The number of aromatic nitrogens is 2. The van der Waals surface area contributed by atoms with Gasteiger partial charge in [-0.2, -0.15) is 13.2 Å². The molecule has 1 aromatic carbocycles. The fourth-order valence-corrected chi connectivity index (χ4v) is 3.20. The molecule has 0 saturated heterocycles. The Bertz CT molecular complexity index is 1070. The Hall–Kier alpha value is -3.23. The minimum Gasteiger partial charge on any atom is -0.497 e. The Morgan fingerprint density at radius 1 is 1.28 bits per heavy atom. The molecule has 0 spiro atoms. The Morgan fingerprint density at radius 3 is 2.59 bits per heavy atom. The van der Waals surface area contributed by atoms with E-state index in [4.69, 9.17) is 9.47 Å². The minimum atomic E-state index is -4.61. The van der Waals surface area contributed by atoms with Crippen LogP contribution in [-0.2, 0) is 13.5 Å². The second kappa shape index (κ2) is 7.65. The van der Waals surface area contributed by atoms with Gasteiger partial charge in [0.2, 0.25) is 0 Å².